The van der Waals surface area contributed by atoms with Gasteiger partial charge in [0.15, 0.2) is 5.82 Å². The minimum atomic E-state index is -1.05. The highest BCUT2D eigenvalue weighted by Gasteiger charge is 2.41. The topological polar surface area (TPSA) is 124 Å². The molecule has 0 bridgehead atoms. The minimum Gasteiger partial charge on any atom is -0.394 e. The maximum Gasteiger partial charge on any atom is 0.161 e. The van der Waals surface area contributed by atoms with Gasteiger partial charge < -0.3 is 14.9 Å². The molecule has 0 amide bonds. The molecule has 2 N–H and O–H groups in total. The molecule has 37 heavy (non-hydrogen) atoms. The van der Waals surface area contributed by atoms with Crippen molar-refractivity contribution in [2.75, 3.05) is 6.61 Å². The average Bonchev–Trinajstić information content (AvgIpc) is 3.64. The zero-order valence-electron chi connectivity index (χ0n) is 19.4. The molecule has 190 valence electrons. The Morgan fingerprint density at radius 2 is 2.11 bits per heavy atom. The molecule has 0 unspecified atom stereocenters. The van der Waals surface area contributed by atoms with Crippen LogP contribution in [0.5, 0.6) is 0 Å². The molecule has 4 heterocycles. The number of benzene rings is 2. The Morgan fingerprint density at radius 1 is 1.24 bits per heavy atom. The van der Waals surface area contributed by atoms with Gasteiger partial charge in [-0.15, -0.1) is 16.4 Å². The summed E-state index contributed by atoms with van der Waals surface area (Å²) in [5.74, 6) is 0.121. The molecule has 6 rings (SSSR count). The highest BCUT2D eigenvalue weighted by Crippen LogP contribution is 2.38. The largest absolute Gasteiger partial charge is 0.394 e. The van der Waals surface area contributed by atoms with Crippen molar-refractivity contribution in [2.45, 2.75) is 37.7 Å². The standard InChI is InChI=1S/C24H21BrFN7O3S/c1-12-29-17-5-3-14(7-22(17)37-12)33-24(27-11-28-33)20-8-19(23(35)21(10-34)36-20)32-9-18(30-31-32)13-2-4-15(25)16(26)6-13/h2-7,9,11,19-21,23,34-35H,8,10H2,1H3/t19-,20-,21-,23-/m1/s1. The lowest BCUT2D eigenvalue weighted by molar-refractivity contribution is -0.161. The van der Waals surface area contributed by atoms with E-state index in [2.05, 4.69) is 41.3 Å². The predicted octanol–water partition coefficient (Wildman–Crippen LogP) is 3.77. The van der Waals surface area contributed by atoms with Gasteiger partial charge in [0, 0.05) is 12.0 Å². The first-order chi connectivity index (χ1) is 17.9. The van der Waals surface area contributed by atoms with Crippen molar-refractivity contribution >= 4 is 37.5 Å². The van der Waals surface area contributed by atoms with Crippen molar-refractivity contribution in [3.63, 3.8) is 0 Å². The third-order valence-corrected chi connectivity index (χ3v) is 7.98. The molecule has 1 aliphatic rings. The van der Waals surface area contributed by atoms with Crippen molar-refractivity contribution in [2.24, 2.45) is 0 Å². The second kappa shape index (κ2) is 9.65. The van der Waals surface area contributed by atoms with Crippen LogP contribution in [-0.4, -0.2) is 63.8 Å². The molecule has 1 fully saturated rings. The number of fused-ring (bicyclic) bond motifs is 1. The van der Waals surface area contributed by atoms with Crippen LogP contribution < -0.4 is 0 Å². The number of aliphatic hydroxyl groups excluding tert-OH is 2. The summed E-state index contributed by atoms with van der Waals surface area (Å²) in [7, 11) is 0. The fourth-order valence-corrected chi connectivity index (χ4v) is 5.70. The normalized spacial score (nSPS) is 22.1. The second-order valence-corrected chi connectivity index (χ2v) is 10.9. The fourth-order valence-electron chi connectivity index (χ4n) is 4.59. The molecule has 0 saturated carbocycles. The number of hydrogen-bond donors (Lipinski definition) is 2. The van der Waals surface area contributed by atoms with E-state index in [1.54, 1.807) is 34.3 Å². The van der Waals surface area contributed by atoms with E-state index in [4.69, 9.17) is 4.74 Å². The first kappa shape index (κ1) is 24.2. The van der Waals surface area contributed by atoms with Crippen LogP contribution >= 0.6 is 27.3 Å². The smallest absolute Gasteiger partial charge is 0.161 e. The van der Waals surface area contributed by atoms with E-state index in [1.807, 2.05) is 25.1 Å². The van der Waals surface area contributed by atoms with E-state index < -0.39 is 36.8 Å². The number of nitrogens with zero attached hydrogens (tertiary/aromatic N) is 7. The summed E-state index contributed by atoms with van der Waals surface area (Å²) < 4.78 is 24.7. The van der Waals surface area contributed by atoms with Gasteiger partial charge in [-0.05, 0) is 53.2 Å². The summed E-state index contributed by atoms with van der Waals surface area (Å²) >= 11 is 4.74. The van der Waals surface area contributed by atoms with E-state index in [1.165, 1.54) is 17.1 Å². The van der Waals surface area contributed by atoms with Gasteiger partial charge in [0.05, 0.1) is 44.2 Å². The Bertz CT molecular complexity index is 1590. The first-order valence-electron chi connectivity index (χ1n) is 11.5. The zero-order valence-corrected chi connectivity index (χ0v) is 21.8. The van der Waals surface area contributed by atoms with E-state index in [0.29, 0.717) is 28.0 Å². The Morgan fingerprint density at radius 3 is 2.92 bits per heavy atom. The number of rotatable bonds is 5. The molecule has 1 saturated heterocycles. The second-order valence-electron chi connectivity index (χ2n) is 8.77. The molecule has 10 nitrogen and oxygen atoms in total. The summed E-state index contributed by atoms with van der Waals surface area (Å²) in [6, 6.07) is 9.97. The number of thiazole rings is 1. The Kier molecular flexibility index (Phi) is 6.32. The number of aliphatic hydroxyl groups is 2. The molecule has 5 aromatic rings. The van der Waals surface area contributed by atoms with E-state index >= 15 is 0 Å². The SMILES string of the molecule is Cc1nc2ccc(-n3ncnc3[C@H]3C[C@@H](n4cc(-c5ccc(Br)c(F)c5)nn4)[C@@H](O)[C@@H](CO)O3)cc2s1. The van der Waals surface area contributed by atoms with Gasteiger partial charge in [-0.1, -0.05) is 11.3 Å². The lowest BCUT2D eigenvalue weighted by atomic mass is 9.95. The molecule has 3 aromatic heterocycles. The monoisotopic (exact) mass is 585 g/mol. The van der Waals surface area contributed by atoms with Gasteiger partial charge in [-0.2, -0.15) is 5.10 Å². The van der Waals surface area contributed by atoms with Crippen molar-refractivity contribution in [1.82, 2.24) is 34.7 Å². The zero-order chi connectivity index (χ0) is 25.7. The molecule has 4 atom stereocenters. The molecular formula is C24H21BrFN7O3S. The summed E-state index contributed by atoms with van der Waals surface area (Å²) in [5, 5.41) is 34.7. The third-order valence-electron chi connectivity index (χ3n) is 6.40. The quantitative estimate of drug-likeness (QED) is 0.319. The Balaban J connectivity index is 1.32. The molecular weight excluding hydrogens is 565 g/mol. The predicted molar refractivity (Wildman–Crippen MR) is 137 cm³/mol. The minimum absolute atomic E-state index is 0.301. The number of aromatic nitrogens is 7. The molecule has 2 aromatic carbocycles. The van der Waals surface area contributed by atoms with Crippen LogP contribution in [0.15, 0.2) is 53.4 Å². The summed E-state index contributed by atoms with van der Waals surface area (Å²) in [6.45, 7) is 1.57. The maximum atomic E-state index is 14.1. The number of ether oxygens (including phenoxy) is 1. The van der Waals surface area contributed by atoms with Crippen LogP contribution in [-0.2, 0) is 4.74 Å². The van der Waals surface area contributed by atoms with Crippen molar-refractivity contribution in [3.05, 3.63) is 70.0 Å². The summed E-state index contributed by atoms with van der Waals surface area (Å²) in [4.78, 5) is 8.96. The third kappa shape index (κ3) is 4.46. The van der Waals surface area contributed by atoms with Gasteiger partial charge in [0.1, 0.15) is 36.2 Å². The van der Waals surface area contributed by atoms with E-state index in [9.17, 15) is 14.6 Å². The maximum absolute atomic E-state index is 14.1. The van der Waals surface area contributed by atoms with Gasteiger partial charge in [0.2, 0.25) is 0 Å². The van der Waals surface area contributed by atoms with Gasteiger partial charge in [-0.3, -0.25) is 0 Å². The van der Waals surface area contributed by atoms with Gasteiger partial charge in [0.25, 0.3) is 0 Å². The van der Waals surface area contributed by atoms with Crippen LogP contribution in [0.25, 0.3) is 27.2 Å². The summed E-state index contributed by atoms with van der Waals surface area (Å²) in [5.41, 5.74) is 2.73. The van der Waals surface area contributed by atoms with Crippen molar-refractivity contribution in [3.8, 4) is 16.9 Å². The van der Waals surface area contributed by atoms with Crippen LogP contribution in [0.3, 0.4) is 0 Å². The van der Waals surface area contributed by atoms with E-state index in [-0.39, 0.29) is 0 Å². The number of halogens is 2. The first-order valence-corrected chi connectivity index (χ1v) is 13.1. The van der Waals surface area contributed by atoms with Gasteiger partial charge >= 0.3 is 0 Å². The van der Waals surface area contributed by atoms with Crippen molar-refractivity contribution < 1.29 is 19.3 Å². The summed E-state index contributed by atoms with van der Waals surface area (Å²) in [6.07, 6.45) is 0.881. The van der Waals surface area contributed by atoms with Crippen LogP contribution in [0, 0.1) is 12.7 Å². The fraction of sp³-hybridized carbons (Fsp3) is 0.292. The van der Waals surface area contributed by atoms with Crippen LogP contribution in [0.2, 0.25) is 0 Å². The number of hydrogen-bond acceptors (Lipinski definition) is 9. The van der Waals surface area contributed by atoms with Crippen molar-refractivity contribution in [1.29, 1.82) is 0 Å². The lowest BCUT2D eigenvalue weighted by Crippen LogP contribution is -2.45. The molecule has 1 aliphatic heterocycles. The molecule has 0 radical (unpaired) electrons. The highest BCUT2D eigenvalue weighted by atomic mass is 79.9. The van der Waals surface area contributed by atoms with E-state index in [0.717, 1.165) is 20.9 Å². The number of aryl methyl sites for hydroxylation is 1. The van der Waals surface area contributed by atoms with Crippen LogP contribution in [0.1, 0.15) is 29.4 Å². The van der Waals surface area contributed by atoms with Gasteiger partial charge in [-0.25, -0.2) is 23.7 Å². The Hall–Kier alpha value is -3.10. The van der Waals surface area contributed by atoms with Crippen LogP contribution in [0.4, 0.5) is 4.39 Å². The molecule has 13 heteroatoms. The average molecular weight is 586 g/mol. The molecule has 0 aliphatic carbocycles. The Labute approximate surface area is 222 Å². The molecule has 0 spiro atoms. The lowest BCUT2D eigenvalue weighted by Gasteiger charge is -2.38. The highest BCUT2D eigenvalue weighted by molar-refractivity contribution is 9.10.